The van der Waals surface area contributed by atoms with Gasteiger partial charge in [0.15, 0.2) is 18.9 Å². The van der Waals surface area contributed by atoms with Crippen LogP contribution in [0.25, 0.3) is 0 Å². The number of nitrogens with zero attached hydrogens (tertiary/aromatic N) is 2. The zero-order chi connectivity index (χ0) is 14.3. The Bertz CT molecular complexity index is 605. The van der Waals surface area contributed by atoms with Crippen molar-refractivity contribution >= 4 is 23.6 Å². The molecule has 6 heteroatoms. The largest absolute Gasteiger partial charge is 0.477 e. The highest BCUT2D eigenvalue weighted by Gasteiger charge is 2.45. The van der Waals surface area contributed by atoms with Crippen molar-refractivity contribution in [2.24, 2.45) is 0 Å². The summed E-state index contributed by atoms with van der Waals surface area (Å²) in [6.07, 6.45) is 2.88. The van der Waals surface area contributed by atoms with Crippen LogP contribution in [0, 0.1) is 0 Å². The van der Waals surface area contributed by atoms with E-state index < -0.39 is 18.3 Å². The second-order valence-electron chi connectivity index (χ2n) is 4.38. The van der Waals surface area contributed by atoms with Crippen LogP contribution in [0.5, 0.6) is 0 Å². The van der Waals surface area contributed by atoms with E-state index in [1.54, 1.807) is 0 Å². The van der Waals surface area contributed by atoms with Crippen LogP contribution in [0.3, 0.4) is 0 Å². The Morgan fingerprint density at radius 1 is 1.53 bits per heavy atom. The Kier molecular flexibility index (Phi) is 2.73. The Labute approximate surface area is 115 Å². The molecule has 1 aromatic rings. The molecule has 1 fully saturated rings. The molecule has 1 aromatic heterocycles. The van der Waals surface area contributed by atoms with Crippen LogP contribution in [0.15, 0.2) is 41.9 Å². The van der Waals surface area contributed by atoms with Gasteiger partial charge in [-0.2, -0.15) is 0 Å². The van der Waals surface area contributed by atoms with Crippen molar-refractivity contribution in [1.82, 2.24) is 4.90 Å². The standard InChI is InChI=1S/C13H12N2O3S/c16-10-6-11-15(10)12(13(17)18)9(8-19-11)7-14-4-2-1-3-5-14/h1-5,11H,6-8H2/p+1/t11-/m1/s1/i6D/t6-,11+/m0. The van der Waals surface area contributed by atoms with E-state index in [-0.39, 0.29) is 11.1 Å². The molecule has 19 heavy (non-hydrogen) atoms. The van der Waals surface area contributed by atoms with Crippen LogP contribution >= 0.6 is 11.8 Å². The van der Waals surface area contributed by atoms with E-state index in [9.17, 15) is 14.7 Å². The molecule has 3 rings (SSSR count). The molecule has 98 valence electrons. The number of hydrogen-bond acceptors (Lipinski definition) is 3. The lowest BCUT2D eigenvalue weighted by atomic mass is 10.1. The first-order chi connectivity index (χ1) is 9.59. The fraction of sp³-hybridized carbons (Fsp3) is 0.308. The average Bonchev–Trinajstić information content (AvgIpc) is 2.46. The molecule has 3 heterocycles. The lowest BCUT2D eigenvalue weighted by Gasteiger charge is -2.43. The van der Waals surface area contributed by atoms with Gasteiger partial charge >= 0.3 is 5.97 Å². The molecular weight excluding hydrogens is 264 g/mol. The van der Waals surface area contributed by atoms with Gasteiger partial charge in [-0.3, -0.25) is 9.69 Å². The maximum absolute atomic E-state index is 11.7. The van der Waals surface area contributed by atoms with Crippen molar-refractivity contribution < 1.29 is 20.6 Å². The lowest BCUT2D eigenvalue weighted by Crippen LogP contribution is -2.54. The van der Waals surface area contributed by atoms with E-state index in [2.05, 4.69) is 0 Å². The van der Waals surface area contributed by atoms with Crippen molar-refractivity contribution in [2.45, 2.75) is 18.3 Å². The normalized spacial score (nSPS) is 26.6. The minimum atomic E-state index is -1.10. The average molecular weight is 278 g/mol. The molecular formula is C13H13N2O3S+. The Morgan fingerprint density at radius 2 is 2.26 bits per heavy atom. The van der Waals surface area contributed by atoms with Gasteiger partial charge in [-0.15, -0.1) is 11.8 Å². The second-order valence-corrected chi connectivity index (χ2v) is 5.49. The third-order valence-electron chi connectivity index (χ3n) is 3.13. The summed E-state index contributed by atoms with van der Waals surface area (Å²) < 4.78 is 9.51. The van der Waals surface area contributed by atoms with E-state index in [0.29, 0.717) is 17.9 Å². The van der Waals surface area contributed by atoms with Crippen molar-refractivity contribution in [2.75, 3.05) is 5.75 Å². The van der Waals surface area contributed by atoms with E-state index in [4.69, 9.17) is 1.37 Å². The highest BCUT2D eigenvalue weighted by molar-refractivity contribution is 8.00. The summed E-state index contributed by atoms with van der Waals surface area (Å²) in [5, 5.41) is 9.03. The molecule has 0 spiro atoms. The number of aromatic nitrogens is 1. The fourth-order valence-electron chi connectivity index (χ4n) is 2.24. The van der Waals surface area contributed by atoms with E-state index >= 15 is 0 Å². The van der Waals surface area contributed by atoms with E-state index in [1.807, 2.05) is 35.2 Å². The van der Waals surface area contributed by atoms with Crippen molar-refractivity contribution in [3.05, 3.63) is 41.9 Å². The number of β-lactam (4-membered cyclic amide) rings is 1. The number of pyridine rings is 1. The van der Waals surface area contributed by atoms with Crippen LogP contribution in [0.1, 0.15) is 7.77 Å². The smallest absolute Gasteiger partial charge is 0.352 e. The molecule has 0 aromatic carbocycles. The number of amides is 1. The van der Waals surface area contributed by atoms with E-state index in [1.165, 1.54) is 16.7 Å². The molecule has 2 aliphatic heterocycles. The number of fused-ring (bicyclic) bond motifs is 1. The van der Waals surface area contributed by atoms with Crippen molar-refractivity contribution in [1.29, 1.82) is 0 Å². The number of thioether (sulfide) groups is 1. The molecule has 0 bridgehead atoms. The molecule has 1 N–H and O–H groups in total. The summed E-state index contributed by atoms with van der Waals surface area (Å²) in [7, 11) is 0. The maximum Gasteiger partial charge on any atom is 0.352 e. The molecule has 1 amide bonds. The molecule has 0 aliphatic carbocycles. The highest BCUT2D eigenvalue weighted by Crippen LogP contribution is 2.39. The molecule has 1 saturated heterocycles. The maximum atomic E-state index is 11.7. The minimum absolute atomic E-state index is 0.0543. The number of carboxylic acids is 1. The van der Waals surface area contributed by atoms with Crippen molar-refractivity contribution in [3.63, 3.8) is 0 Å². The summed E-state index contributed by atoms with van der Waals surface area (Å²) >= 11 is 1.46. The van der Waals surface area contributed by atoms with Gasteiger partial charge < -0.3 is 5.11 Å². The fourth-order valence-corrected chi connectivity index (χ4v) is 3.41. The van der Waals surface area contributed by atoms with Crippen LogP contribution in [-0.2, 0) is 16.1 Å². The third kappa shape index (κ3) is 2.12. The van der Waals surface area contributed by atoms with Gasteiger partial charge in [0.1, 0.15) is 5.70 Å². The van der Waals surface area contributed by atoms with Gasteiger partial charge in [0.25, 0.3) is 0 Å². The zero-order valence-corrected chi connectivity index (χ0v) is 10.8. The van der Waals surface area contributed by atoms with E-state index in [0.717, 1.165) is 0 Å². The van der Waals surface area contributed by atoms with Gasteiger partial charge in [0, 0.05) is 24.8 Å². The highest BCUT2D eigenvalue weighted by atomic mass is 32.2. The molecule has 0 radical (unpaired) electrons. The Hall–Kier alpha value is -1.82. The van der Waals surface area contributed by atoms with Crippen LogP contribution in [0.2, 0.25) is 0 Å². The number of hydrogen-bond donors (Lipinski definition) is 1. The predicted molar refractivity (Wildman–Crippen MR) is 69.0 cm³/mol. The second kappa shape index (κ2) is 4.70. The van der Waals surface area contributed by atoms with Gasteiger partial charge in [-0.05, 0) is 0 Å². The lowest BCUT2D eigenvalue weighted by molar-refractivity contribution is -0.689. The molecule has 2 atom stereocenters. The Morgan fingerprint density at radius 3 is 2.95 bits per heavy atom. The van der Waals surface area contributed by atoms with Gasteiger partial charge in [-0.1, -0.05) is 6.07 Å². The number of carbonyl (C=O) groups is 2. The SMILES string of the molecule is [2H][C@H]1C(=O)N2C(C(=O)O)=C(C[n+]3ccccc3)CS[C@H]12. The topological polar surface area (TPSA) is 61.5 Å². The molecule has 0 saturated carbocycles. The molecule has 2 aliphatic rings. The number of carboxylic acid groups (broad SMARTS) is 1. The monoisotopic (exact) mass is 278 g/mol. The van der Waals surface area contributed by atoms with Gasteiger partial charge in [0.2, 0.25) is 5.91 Å². The van der Waals surface area contributed by atoms with Crippen LogP contribution < -0.4 is 4.57 Å². The van der Waals surface area contributed by atoms with Crippen LogP contribution in [0.4, 0.5) is 0 Å². The van der Waals surface area contributed by atoms with Crippen molar-refractivity contribution in [3.8, 4) is 0 Å². The first-order valence-electron chi connectivity index (χ1n) is 6.43. The minimum Gasteiger partial charge on any atom is -0.477 e. The molecule has 0 unspecified atom stereocenters. The summed E-state index contributed by atoms with van der Waals surface area (Å²) in [4.78, 5) is 24.5. The quantitative estimate of drug-likeness (QED) is 0.650. The summed E-state index contributed by atoms with van der Waals surface area (Å²) in [6, 6.07) is 5.63. The summed E-state index contributed by atoms with van der Waals surface area (Å²) in [6.45, 7) is 0.439. The van der Waals surface area contributed by atoms with Gasteiger partial charge in [-0.25, -0.2) is 9.36 Å². The predicted octanol–water partition coefficient (Wildman–Crippen LogP) is 0.618. The van der Waals surface area contributed by atoms with Gasteiger partial charge in [0.05, 0.1) is 11.8 Å². The van der Waals surface area contributed by atoms with Crippen LogP contribution in [-0.4, -0.2) is 33.0 Å². The Balaban J connectivity index is 1.94. The first-order valence-corrected chi connectivity index (χ1v) is 6.91. The number of aliphatic carboxylic acids is 1. The first kappa shape index (κ1) is 11.0. The third-order valence-corrected chi connectivity index (χ3v) is 4.34. The number of carbonyl (C=O) groups excluding carboxylic acids is 1. The number of rotatable bonds is 3. The summed E-state index contributed by atoms with van der Waals surface area (Å²) in [5.41, 5.74) is 0.758. The zero-order valence-electron chi connectivity index (χ0n) is 11.0. The molecule has 5 nitrogen and oxygen atoms in total. The summed E-state index contributed by atoms with van der Waals surface area (Å²) in [5.74, 6) is -0.981.